The number of rotatable bonds is 1. The second kappa shape index (κ2) is 2.80. The Labute approximate surface area is 68.0 Å². The number of imidazole rings is 1. The Morgan fingerprint density at radius 3 is 2.33 bits per heavy atom. The fraction of sp³-hybridized carbons (Fsp3) is 0.571. The molecule has 0 bridgehead atoms. The molecule has 0 amide bonds. The number of nitrogens with zero attached hydrogens (tertiary/aromatic N) is 2. The zero-order valence-corrected chi connectivity index (χ0v) is 6.81. The van der Waals surface area contributed by atoms with Gasteiger partial charge in [0.15, 0.2) is 0 Å². The van der Waals surface area contributed by atoms with E-state index in [0.29, 0.717) is 12.1 Å². The molecule has 0 atom stereocenters. The number of halogens is 3. The molecule has 0 fully saturated rings. The van der Waals surface area contributed by atoms with E-state index in [4.69, 9.17) is 0 Å². The van der Waals surface area contributed by atoms with Crippen molar-refractivity contribution in [1.82, 2.24) is 9.55 Å². The molecule has 1 heterocycles. The zero-order chi connectivity index (χ0) is 9.35. The maximum atomic E-state index is 12.1. The summed E-state index contributed by atoms with van der Waals surface area (Å²) in [5, 5.41) is 0. The molecule has 0 saturated heterocycles. The molecule has 0 aliphatic heterocycles. The van der Waals surface area contributed by atoms with Gasteiger partial charge in [-0.05, 0) is 6.42 Å². The molecule has 0 saturated carbocycles. The maximum Gasteiger partial charge on any atom is 0.449 e. The van der Waals surface area contributed by atoms with Crippen LogP contribution in [0, 0.1) is 0 Å². The molecule has 0 spiro atoms. The molecular weight excluding hydrogens is 169 g/mol. The highest BCUT2D eigenvalue weighted by molar-refractivity contribution is 5.06. The Morgan fingerprint density at radius 1 is 1.50 bits per heavy atom. The molecule has 0 aromatic carbocycles. The van der Waals surface area contributed by atoms with Crippen molar-refractivity contribution in [3.63, 3.8) is 0 Å². The van der Waals surface area contributed by atoms with Crippen LogP contribution in [0.4, 0.5) is 13.2 Å². The van der Waals surface area contributed by atoms with Crippen LogP contribution in [0.3, 0.4) is 0 Å². The van der Waals surface area contributed by atoms with Crippen molar-refractivity contribution < 1.29 is 13.2 Å². The molecule has 5 heteroatoms. The van der Waals surface area contributed by atoms with Crippen molar-refractivity contribution in [3.8, 4) is 0 Å². The molecule has 1 aromatic heterocycles. The van der Waals surface area contributed by atoms with E-state index in [1.54, 1.807) is 6.92 Å². The van der Waals surface area contributed by atoms with Crippen LogP contribution in [0.2, 0.25) is 0 Å². The van der Waals surface area contributed by atoms with Crippen LogP contribution in [0.1, 0.15) is 18.4 Å². The van der Waals surface area contributed by atoms with Crippen LogP contribution >= 0.6 is 0 Å². The van der Waals surface area contributed by atoms with Gasteiger partial charge in [0.2, 0.25) is 5.82 Å². The quantitative estimate of drug-likeness (QED) is 0.643. The van der Waals surface area contributed by atoms with Crippen molar-refractivity contribution in [1.29, 1.82) is 0 Å². The topological polar surface area (TPSA) is 17.8 Å². The Balaban J connectivity index is 3.11. The van der Waals surface area contributed by atoms with Gasteiger partial charge < -0.3 is 4.57 Å². The molecule has 1 aromatic rings. The molecule has 0 N–H and O–H groups in total. The summed E-state index contributed by atoms with van der Waals surface area (Å²) < 4.78 is 37.4. The van der Waals surface area contributed by atoms with Gasteiger partial charge in [0.1, 0.15) is 0 Å². The van der Waals surface area contributed by atoms with Crippen molar-refractivity contribution in [2.75, 3.05) is 0 Å². The highest BCUT2D eigenvalue weighted by Crippen LogP contribution is 2.27. The first-order valence-electron chi connectivity index (χ1n) is 3.54. The van der Waals surface area contributed by atoms with E-state index in [-0.39, 0.29) is 0 Å². The highest BCUT2D eigenvalue weighted by Gasteiger charge is 2.36. The molecule has 2 nitrogen and oxygen atoms in total. The van der Waals surface area contributed by atoms with E-state index >= 15 is 0 Å². The summed E-state index contributed by atoms with van der Waals surface area (Å²) in [5.41, 5.74) is 0.585. The van der Waals surface area contributed by atoms with Crippen molar-refractivity contribution >= 4 is 0 Å². The Bertz CT molecular complexity index is 275. The summed E-state index contributed by atoms with van der Waals surface area (Å²) in [6.07, 6.45) is -2.54. The van der Waals surface area contributed by atoms with Crippen LogP contribution < -0.4 is 0 Å². The van der Waals surface area contributed by atoms with Crippen LogP contribution in [0.15, 0.2) is 6.20 Å². The van der Waals surface area contributed by atoms with Gasteiger partial charge in [-0.3, -0.25) is 0 Å². The van der Waals surface area contributed by atoms with Crippen LogP contribution in [0.5, 0.6) is 0 Å². The Hall–Kier alpha value is -1.00. The molecule has 68 valence electrons. The van der Waals surface area contributed by atoms with Crippen LogP contribution in [0.25, 0.3) is 0 Å². The largest absolute Gasteiger partial charge is 0.449 e. The smallest absolute Gasteiger partial charge is 0.328 e. The third kappa shape index (κ3) is 1.44. The van der Waals surface area contributed by atoms with Crippen molar-refractivity contribution in [2.45, 2.75) is 19.5 Å². The average molecular weight is 178 g/mol. The summed E-state index contributed by atoms with van der Waals surface area (Å²) in [5.74, 6) is -0.834. The first kappa shape index (κ1) is 9.09. The Kier molecular flexibility index (Phi) is 2.12. The summed E-state index contributed by atoms with van der Waals surface area (Å²) in [6, 6.07) is 0. The van der Waals surface area contributed by atoms with Gasteiger partial charge in [0.05, 0.1) is 0 Å². The highest BCUT2D eigenvalue weighted by atomic mass is 19.4. The monoisotopic (exact) mass is 178 g/mol. The van der Waals surface area contributed by atoms with E-state index in [1.807, 2.05) is 0 Å². The fourth-order valence-corrected chi connectivity index (χ4v) is 1.04. The number of hydrogen-bond donors (Lipinski definition) is 0. The van der Waals surface area contributed by atoms with Gasteiger partial charge in [-0.15, -0.1) is 0 Å². The summed E-state index contributed by atoms with van der Waals surface area (Å²) in [6.45, 7) is 1.79. The predicted octanol–water partition coefficient (Wildman–Crippen LogP) is 2.00. The van der Waals surface area contributed by atoms with Gasteiger partial charge in [-0.2, -0.15) is 13.2 Å². The molecule has 1 rings (SSSR count). The minimum atomic E-state index is -4.35. The van der Waals surface area contributed by atoms with Crippen molar-refractivity contribution in [3.05, 3.63) is 17.7 Å². The van der Waals surface area contributed by atoms with Gasteiger partial charge >= 0.3 is 6.18 Å². The third-order valence-electron chi connectivity index (χ3n) is 1.70. The maximum absolute atomic E-state index is 12.1. The fourth-order valence-electron chi connectivity index (χ4n) is 1.04. The molecule has 12 heavy (non-hydrogen) atoms. The van der Waals surface area contributed by atoms with E-state index in [0.717, 1.165) is 4.57 Å². The number of aromatic nitrogens is 2. The lowest BCUT2D eigenvalue weighted by molar-refractivity contribution is -0.146. The van der Waals surface area contributed by atoms with E-state index in [2.05, 4.69) is 4.98 Å². The summed E-state index contributed by atoms with van der Waals surface area (Å²) >= 11 is 0. The average Bonchev–Trinajstić information content (AvgIpc) is 2.29. The first-order chi connectivity index (χ1) is 5.46. The molecule has 0 unspecified atom stereocenters. The molecule has 0 aliphatic carbocycles. The zero-order valence-electron chi connectivity index (χ0n) is 6.81. The first-order valence-corrected chi connectivity index (χ1v) is 3.54. The van der Waals surface area contributed by atoms with Gasteiger partial charge in [-0.25, -0.2) is 4.98 Å². The van der Waals surface area contributed by atoms with E-state index in [9.17, 15) is 13.2 Å². The minimum Gasteiger partial charge on any atom is -0.328 e. The summed E-state index contributed by atoms with van der Waals surface area (Å²) in [7, 11) is 1.37. The standard InChI is InChI=1S/C7H9F3N2/c1-3-5-4-11-6(12(5)2)7(8,9)10/h4H,3H2,1-2H3. The lowest BCUT2D eigenvalue weighted by atomic mass is 10.4. The summed E-state index contributed by atoms with van der Waals surface area (Å²) in [4.78, 5) is 3.30. The molecule has 0 aliphatic rings. The number of hydrogen-bond acceptors (Lipinski definition) is 1. The van der Waals surface area contributed by atoms with E-state index < -0.39 is 12.0 Å². The SMILES string of the molecule is CCc1cnc(C(F)(F)F)n1C. The van der Waals surface area contributed by atoms with Gasteiger partial charge in [0.25, 0.3) is 0 Å². The van der Waals surface area contributed by atoms with Crippen LogP contribution in [-0.2, 0) is 19.6 Å². The minimum absolute atomic E-state index is 0.555. The van der Waals surface area contributed by atoms with Crippen LogP contribution in [-0.4, -0.2) is 9.55 Å². The van der Waals surface area contributed by atoms with Gasteiger partial charge in [0, 0.05) is 18.9 Å². The Morgan fingerprint density at radius 2 is 2.08 bits per heavy atom. The molecular formula is C7H9F3N2. The lowest BCUT2D eigenvalue weighted by Gasteiger charge is -2.06. The van der Waals surface area contributed by atoms with Gasteiger partial charge in [-0.1, -0.05) is 6.92 Å². The van der Waals surface area contributed by atoms with Crippen molar-refractivity contribution in [2.24, 2.45) is 7.05 Å². The second-order valence-electron chi connectivity index (χ2n) is 2.48. The lowest BCUT2D eigenvalue weighted by Crippen LogP contribution is -2.13. The number of aryl methyl sites for hydroxylation is 1. The van der Waals surface area contributed by atoms with E-state index in [1.165, 1.54) is 13.2 Å². The normalized spacial score (nSPS) is 12.1. The molecule has 0 radical (unpaired) electrons. The number of alkyl halides is 3. The second-order valence-corrected chi connectivity index (χ2v) is 2.48. The third-order valence-corrected chi connectivity index (χ3v) is 1.70. The predicted molar refractivity (Wildman–Crippen MR) is 37.6 cm³/mol.